The summed E-state index contributed by atoms with van der Waals surface area (Å²) in [5.41, 5.74) is 0.0335. The summed E-state index contributed by atoms with van der Waals surface area (Å²) in [5.74, 6) is -1.60. The molecular weight excluding hydrogens is 577 g/mol. The van der Waals surface area contributed by atoms with Crippen molar-refractivity contribution in [3.05, 3.63) is 107 Å². The summed E-state index contributed by atoms with van der Waals surface area (Å²) in [7, 11) is 0. The highest BCUT2D eigenvalue weighted by Crippen LogP contribution is 2.32. The number of nitrogens with zero attached hydrogens (tertiary/aromatic N) is 5. The number of amides is 1. The van der Waals surface area contributed by atoms with Crippen LogP contribution in [0.4, 0.5) is 18.9 Å². The molecule has 0 fully saturated rings. The van der Waals surface area contributed by atoms with Crippen LogP contribution in [-0.2, 0) is 17.4 Å². The normalized spacial score (nSPS) is 11.2. The topological polar surface area (TPSA) is 132 Å². The predicted octanol–water partition coefficient (Wildman–Crippen LogP) is 6.07. The molecule has 212 valence electrons. The van der Waals surface area contributed by atoms with Gasteiger partial charge in [-0.15, -0.1) is 0 Å². The SMILES string of the molecule is O=C(O)Cc1ccc(Oc2ncc(-c3ccc(NC(=O)c4cn(-c5ccccn5)nc4C(F)(F)F)cc3)cn2)c(Cl)c1. The van der Waals surface area contributed by atoms with Gasteiger partial charge in [-0.2, -0.15) is 18.3 Å². The Morgan fingerprint density at radius 1 is 0.976 bits per heavy atom. The number of halogens is 4. The van der Waals surface area contributed by atoms with E-state index in [1.165, 1.54) is 48.9 Å². The zero-order valence-electron chi connectivity index (χ0n) is 21.2. The Bertz CT molecular complexity index is 1750. The lowest BCUT2D eigenvalue weighted by molar-refractivity contribution is -0.141. The van der Waals surface area contributed by atoms with Crippen molar-refractivity contribution in [3.8, 4) is 28.7 Å². The fourth-order valence-corrected chi connectivity index (χ4v) is 4.07. The van der Waals surface area contributed by atoms with Gasteiger partial charge in [-0.05, 0) is 47.5 Å². The van der Waals surface area contributed by atoms with E-state index in [9.17, 15) is 22.8 Å². The van der Waals surface area contributed by atoms with E-state index >= 15 is 0 Å². The van der Waals surface area contributed by atoms with Crippen molar-refractivity contribution in [2.75, 3.05) is 5.32 Å². The van der Waals surface area contributed by atoms with Gasteiger partial charge in [0.15, 0.2) is 11.5 Å². The summed E-state index contributed by atoms with van der Waals surface area (Å²) in [6.45, 7) is 0. The third kappa shape index (κ3) is 6.53. The van der Waals surface area contributed by atoms with Crippen molar-refractivity contribution in [2.24, 2.45) is 0 Å². The number of ether oxygens (including phenoxy) is 1. The van der Waals surface area contributed by atoms with Crippen LogP contribution < -0.4 is 10.1 Å². The number of pyridine rings is 1. The summed E-state index contributed by atoms with van der Waals surface area (Å²) in [4.78, 5) is 35.9. The molecule has 1 amide bonds. The van der Waals surface area contributed by atoms with Crippen molar-refractivity contribution >= 4 is 29.2 Å². The lowest BCUT2D eigenvalue weighted by Crippen LogP contribution is -2.17. The Morgan fingerprint density at radius 2 is 1.71 bits per heavy atom. The van der Waals surface area contributed by atoms with Crippen LogP contribution in [0.15, 0.2) is 85.5 Å². The van der Waals surface area contributed by atoms with Gasteiger partial charge in [0.2, 0.25) is 0 Å². The first-order valence-electron chi connectivity index (χ1n) is 12.1. The zero-order valence-corrected chi connectivity index (χ0v) is 22.0. The van der Waals surface area contributed by atoms with Crippen LogP contribution in [0, 0.1) is 0 Å². The zero-order chi connectivity index (χ0) is 29.9. The van der Waals surface area contributed by atoms with E-state index < -0.39 is 29.3 Å². The van der Waals surface area contributed by atoms with E-state index in [1.54, 1.807) is 30.3 Å². The summed E-state index contributed by atoms with van der Waals surface area (Å²) >= 11 is 6.17. The van der Waals surface area contributed by atoms with E-state index in [-0.39, 0.29) is 34.7 Å². The van der Waals surface area contributed by atoms with Gasteiger partial charge in [0, 0.05) is 36.0 Å². The standard InChI is InChI=1S/C28H18ClF3N6O4/c29-21-11-16(12-24(39)40)4-9-22(21)42-27-34-13-18(14-35-27)17-5-7-19(8-6-17)36-26(41)20-15-38(23-3-1-2-10-33-23)37-25(20)28(30,31)32/h1-11,13-15H,12H2,(H,36,41)(H,39,40). The molecule has 5 rings (SSSR count). The smallest absolute Gasteiger partial charge is 0.435 e. The van der Waals surface area contributed by atoms with Gasteiger partial charge >= 0.3 is 18.2 Å². The maximum Gasteiger partial charge on any atom is 0.435 e. The van der Waals surface area contributed by atoms with Crippen LogP contribution in [0.5, 0.6) is 11.8 Å². The maximum absolute atomic E-state index is 13.6. The number of nitrogens with one attached hydrogen (secondary N) is 1. The monoisotopic (exact) mass is 594 g/mol. The molecular formula is C28H18ClF3N6O4. The molecule has 2 aromatic carbocycles. The Morgan fingerprint density at radius 3 is 2.33 bits per heavy atom. The third-order valence-electron chi connectivity index (χ3n) is 5.77. The number of anilines is 1. The van der Waals surface area contributed by atoms with Gasteiger partial charge in [-0.1, -0.05) is 35.9 Å². The maximum atomic E-state index is 13.6. The average molecular weight is 595 g/mol. The molecule has 0 aliphatic heterocycles. The number of benzene rings is 2. The second-order valence-corrected chi connectivity index (χ2v) is 9.15. The molecule has 14 heteroatoms. The van der Waals surface area contributed by atoms with Gasteiger partial charge in [0.1, 0.15) is 5.75 Å². The van der Waals surface area contributed by atoms with Crippen LogP contribution in [0.25, 0.3) is 16.9 Å². The average Bonchev–Trinajstić information content (AvgIpc) is 3.43. The number of hydrogen-bond acceptors (Lipinski definition) is 7. The highest BCUT2D eigenvalue weighted by atomic mass is 35.5. The molecule has 0 unspecified atom stereocenters. The summed E-state index contributed by atoms with van der Waals surface area (Å²) in [6.07, 6.45) is 0.319. The van der Waals surface area contributed by atoms with Gasteiger partial charge in [0.25, 0.3) is 5.91 Å². The number of carbonyl (C=O) groups is 2. The highest BCUT2D eigenvalue weighted by molar-refractivity contribution is 6.32. The van der Waals surface area contributed by atoms with E-state index in [2.05, 4.69) is 25.4 Å². The molecule has 10 nitrogen and oxygen atoms in total. The van der Waals surface area contributed by atoms with Crippen molar-refractivity contribution in [1.29, 1.82) is 0 Å². The van der Waals surface area contributed by atoms with Crippen molar-refractivity contribution in [1.82, 2.24) is 24.7 Å². The first kappa shape index (κ1) is 28.2. The number of rotatable bonds is 8. The van der Waals surface area contributed by atoms with Gasteiger partial charge in [-0.3, -0.25) is 9.59 Å². The minimum atomic E-state index is -4.86. The van der Waals surface area contributed by atoms with Crippen LogP contribution in [0.3, 0.4) is 0 Å². The number of carbonyl (C=O) groups excluding carboxylic acids is 1. The second-order valence-electron chi connectivity index (χ2n) is 8.74. The highest BCUT2D eigenvalue weighted by Gasteiger charge is 2.39. The molecule has 5 aromatic rings. The Labute approximate surface area is 240 Å². The van der Waals surface area contributed by atoms with Gasteiger partial charge in [-0.25, -0.2) is 19.6 Å². The van der Waals surface area contributed by atoms with Crippen LogP contribution in [0.2, 0.25) is 5.02 Å². The van der Waals surface area contributed by atoms with Crippen molar-refractivity contribution in [3.63, 3.8) is 0 Å². The molecule has 3 heterocycles. The van der Waals surface area contributed by atoms with E-state index in [4.69, 9.17) is 21.4 Å². The second kappa shape index (κ2) is 11.7. The minimum absolute atomic E-state index is 0.00207. The Hall–Kier alpha value is -5.30. The summed E-state index contributed by atoms with van der Waals surface area (Å²) < 4.78 is 47.4. The number of aliphatic carboxylic acids is 1. The summed E-state index contributed by atoms with van der Waals surface area (Å²) in [6, 6.07) is 15.5. The number of alkyl halides is 3. The van der Waals surface area contributed by atoms with E-state index in [0.717, 1.165) is 10.9 Å². The molecule has 0 saturated carbocycles. The number of carboxylic acid groups (broad SMARTS) is 1. The largest absolute Gasteiger partial charge is 0.481 e. The first-order chi connectivity index (χ1) is 20.1. The molecule has 2 N–H and O–H groups in total. The molecule has 3 aromatic heterocycles. The lowest BCUT2D eigenvalue weighted by atomic mass is 10.1. The first-order valence-corrected chi connectivity index (χ1v) is 12.4. The molecule has 0 saturated heterocycles. The predicted molar refractivity (Wildman–Crippen MR) is 145 cm³/mol. The van der Waals surface area contributed by atoms with Crippen molar-refractivity contribution in [2.45, 2.75) is 12.6 Å². The van der Waals surface area contributed by atoms with Gasteiger partial charge in [0.05, 0.1) is 17.0 Å². The van der Waals surface area contributed by atoms with Crippen LogP contribution in [0.1, 0.15) is 21.6 Å². The third-order valence-corrected chi connectivity index (χ3v) is 6.06. The van der Waals surface area contributed by atoms with Gasteiger partial charge < -0.3 is 15.2 Å². The molecule has 0 bridgehead atoms. The molecule has 0 radical (unpaired) electrons. The number of hydrogen-bond donors (Lipinski definition) is 2. The number of carboxylic acids is 1. The molecule has 42 heavy (non-hydrogen) atoms. The molecule has 0 spiro atoms. The van der Waals surface area contributed by atoms with E-state index in [0.29, 0.717) is 16.7 Å². The fraction of sp³-hybridized carbons (Fsp3) is 0.0714. The molecule has 0 aliphatic carbocycles. The van der Waals surface area contributed by atoms with Crippen molar-refractivity contribution < 1.29 is 32.6 Å². The minimum Gasteiger partial charge on any atom is -0.481 e. The van der Waals surface area contributed by atoms with E-state index in [1.807, 2.05) is 0 Å². The Kier molecular flexibility index (Phi) is 7.84. The van der Waals surface area contributed by atoms with Crippen LogP contribution in [-0.4, -0.2) is 41.7 Å². The Balaban J connectivity index is 1.27. The molecule has 0 aliphatic rings. The molecule has 0 atom stereocenters. The summed E-state index contributed by atoms with van der Waals surface area (Å²) in [5, 5.41) is 15.1. The van der Waals surface area contributed by atoms with Crippen LogP contribution >= 0.6 is 11.6 Å². The lowest BCUT2D eigenvalue weighted by Gasteiger charge is -2.09. The fourth-order valence-electron chi connectivity index (χ4n) is 3.83. The number of aromatic nitrogens is 5. The quantitative estimate of drug-likeness (QED) is 0.221.